The van der Waals surface area contributed by atoms with E-state index < -0.39 is 12.0 Å². The molecular weight excluding hydrogens is 288 g/mol. The van der Waals surface area contributed by atoms with Gasteiger partial charge in [-0.3, -0.25) is 0 Å². The van der Waals surface area contributed by atoms with Gasteiger partial charge in [0.1, 0.15) is 0 Å². The summed E-state index contributed by atoms with van der Waals surface area (Å²) < 4.78 is 0. The summed E-state index contributed by atoms with van der Waals surface area (Å²) in [6, 6.07) is 0.860. The quantitative estimate of drug-likeness (QED) is 0.867. The number of likely N-dealkylation sites (tertiary alicyclic amines) is 1. The first kappa shape index (κ1) is 14.4. The average Bonchev–Trinajstić information content (AvgIpc) is 3.01. The second-order valence-corrected chi connectivity index (χ2v) is 7.33. The summed E-state index contributed by atoms with van der Waals surface area (Å²) in [6.45, 7) is 5.29. The molecule has 6 heteroatoms. The molecule has 1 aromatic rings. The Labute approximate surface area is 128 Å². The van der Waals surface area contributed by atoms with Gasteiger partial charge in [-0.25, -0.2) is 9.59 Å². The SMILES string of the molecule is CC1(C)CCCN1C(=O)N1CCc2sccc2C1C(=O)O. The molecule has 5 nitrogen and oxygen atoms in total. The molecule has 3 rings (SSSR count). The van der Waals surface area contributed by atoms with Crippen LogP contribution in [-0.4, -0.2) is 45.5 Å². The van der Waals surface area contributed by atoms with Crippen LogP contribution in [-0.2, 0) is 11.2 Å². The smallest absolute Gasteiger partial charge is 0.331 e. The fourth-order valence-electron chi connectivity index (χ4n) is 3.41. The molecule has 0 saturated carbocycles. The molecule has 0 radical (unpaired) electrons. The van der Waals surface area contributed by atoms with Gasteiger partial charge in [0.05, 0.1) is 0 Å². The molecule has 0 bridgehead atoms. The minimum Gasteiger partial charge on any atom is -0.479 e. The van der Waals surface area contributed by atoms with E-state index in [0.717, 1.165) is 29.7 Å². The number of fused-ring (bicyclic) bond motifs is 1. The van der Waals surface area contributed by atoms with E-state index in [2.05, 4.69) is 0 Å². The van der Waals surface area contributed by atoms with Crippen LogP contribution < -0.4 is 0 Å². The van der Waals surface area contributed by atoms with Gasteiger partial charge >= 0.3 is 12.0 Å². The van der Waals surface area contributed by atoms with Gasteiger partial charge in [-0.05, 0) is 50.1 Å². The Kier molecular flexibility index (Phi) is 3.43. The van der Waals surface area contributed by atoms with E-state index in [4.69, 9.17) is 0 Å². The van der Waals surface area contributed by atoms with Gasteiger partial charge in [-0.2, -0.15) is 0 Å². The number of carbonyl (C=O) groups is 2. The Hall–Kier alpha value is -1.56. The Morgan fingerprint density at radius 2 is 2.14 bits per heavy atom. The molecular formula is C15H20N2O3S. The zero-order valence-electron chi connectivity index (χ0n) is 12.3. The zero-order valence-corrected chi connectivity index (χ0v) is 13.2. The number of thiophene rings is 1. The molecule has 114 valence electrons. The van der Waals surface area contributed by atoms with Gasteiger partial charge in [0, 0.05) is 23.5 Å². The first-order valence-electron chi connectivity index (χ1n) is 7.29. The predicted octanol–water partition coefficient (Wildman–Crippen LogP) is 2.73. The van der Waals surface area contributed by atoms with Crippen LogP contribution >= 0.6 is 11.3 Å². The van der Waals surface area contributed by atoms with Crippen LogP contribution in [0.1, 0.15) is 43.2 Å². The number of carboxylic acids is 1. The summed E-state index contributed by atoms with van der Waals surface area (Å²) in [7, 11) is 0. The molecule has 1 saturated heterocycles. The summed E-state index contributed by atoms with van der Waals surface area (Å²) in [6.07, 6.45) is 2.69. The topological polar surface area (TPSA) is 60.9 Å². The van der Waals surface area contributed by atoms with Crippen LogP contribution in [0.25, 0.3) is 0 Å². The molecule has 1 atom stereocenters. The van der Waals surface area contributed by atoms with E-state index in [9.17, 15) is 14.7 Å². The molecule has 0 aromatic carbocycles. The highest BCUT2D eigenvalue weighted by Crippen LogP contribution is 2.36. The lowest BCUT2D eigenvalue weighted by Crippen LogP contribution is -2.53. The van der Waals surface area contributed by atoms with Crippen molar-refractivity contribution >= 4 is 23.3 Å². The normalized spacial score (nSPS) is 24.0. The van der Waals surface area contributed by atoms with E-state index >= 15 is 0 Å². The van der Waals surface area contributed by atoms with Crippen molar-refractivity contribution in [3.63, 3.8) is 0 Å². The standard InChI is InChI=1S/C15H20N2O3S/c1-15(2)6-3-7-17(15)14(20)16-8-4-11-10(5-9-21-11)12(16)13(18)19/h5,9,12H,3-4,6-8H2,1-2H3,(H,18,19). The number of carboxylic acid groups (broad SMARTS) is 1. The van der Waals surface area contributed by atoms with Gasteiger partial charge in [0.15, 0.2) is 6.04 Å². The molecule has 21 heavy (non-hydrogen) atoms. The van der Waals surface area contributed by atoms with Crippen LogP contribution in [0.15, 0.2) is 11.4 Å². The summed E-state index contributed by atoms with van der Waals surface area (Å²) in [5.41, 5.74) is 0.596. The summed E-state index contributed by atoms with van der Waals surface area (Å²) in [5, 5.41) is 11.5. The molecule has 2 aliphatic heterocycles. The molecule has 0 aliphatic carbocycles. The summed E-state index contributed by atoms with van der Waals surface area (Å²) in [5.74, 6) is -0.945. The lowest BCUT2D eigenvalue weighted by molar-refractivity contribution is -0.143. The maximum absolute atomic E-state index is 12.9. The second kappa shape index (κ2) is 5.02. The van der Waals surface area contributed by atoms with Crippen molar-refractivity contribution < 1.29 is 14.7 Å². The average molecular weight is 308 g/mol. The minimum absolute atomic E-state index is 0.137. The number of nitrogens with zero attached hydrogens (tertiary/aromatic N) is 2. The zero-order chi connectivity index (χ0) is 15.2. The van der Waals surface area contributed by atoms with Crippen LogP contribution in [0.5, 0.6) is 0 Å². The highest BCUT2D eigenvalue weighted by Gasteiger charge is 2.43. The third-order valence-corrected chi connectivity index (χ3v) is 5.57. The lowest BCUT2D eigenvalue weighted by atomic mass is 9.99. The molecule has 2 aliphatic rings. The Balaban J connectivity index is 1.91. The molecule has 1 fully saturated rings. The molecule has 3 heterocycles. The van der Waals surface area contributed by atoms with Crippen molar-refractivity contribution in [1.29, 1.82) is 0 Å². The first-order valence-corrected chi connectivity index (χ1v) is 8.17. The van der Waals surface area contributed by atoms with Crippen molar-refractivity contribution in [2.45, 2.75) is 44.7 Å². The highest BCUT2D eigenvalue weighted by molar-refractivity contribution is 7.10. The third kappa shape index (κ3) is 2.31. The molecule has 1 unspecified atom stereocenters. The Morgan fingerprint density at radius 3 is 2.76 bits per heavy atom. The van der Waals surface area contributed by atoms with Crippen molar-refractivity contribution in [3.05, 3.63) is 21.9 Å². The van der Waals surface area contributed by atoms with Crippen LogP contribution in [0, 0.1) is 0 Å². The van der Waals surface area contributed by atoms with E-state index in [0.29, 0.717) is 13.1 Å². The minimum atomic E-state index is -0.945. The Morgan fingerprint density at radius 1 is 1.38 bits per heavy atom. The number of amides is 2. The van der Waals surface area contributed by atoms with Gasteiger partial charge in [0.25, 0.3) is 0 Å². The molecule has 1 aromatic heterocycles. The number of carbonyl (C=O) groups excluding carboxylic acids is 1. The Bertz CT molecular complexity index is 581. The van der Waals surface area contributed by atoms with Crippen molar-refractivity contribution in [1.82, 2.24) is 9.80 Å². The van der Waals surface area contributed by atoms with E-state index in [1.807, 2.05) is 30.2 Å². The van der Waals surface area contributed by atoms with Crippen molar-refractivity contribution in [2.75, 3.05) is 13.1 Å². The van der Waals surface area contributed by atoms with Crippen LogP contribution in [0.2, 0.25) is 0 Å². The highest BCUT2D eigenvalue weighted by atomic mass is 32.1. The van der Waals surface area contributed by atoms with Crippen LogP contribution in [0.3, 0.4) is 0 Å². The van der Waals surface area contributed by atoms with E-state index in [1.54, 1.807) is 11.3 Å². The predicted molar refractivity (Wildman–Crippen MR) is 80.5 cm³/mol. The number of aliphatic carboxylic acids is 1. The van der Waals surface area contributed by atoms with E-state index in [-0.39, 0.29) is 11.6 Å². The molecule has 0 spiro atoms. The largest absolute Gasteiger partial charge is 0.479 e. The van der Waals surface area contributed by atoms with Crippen molar-refractivity contribution in [2.24, 2.45) is 0 Å². The van der Waals surface area contributed by atoms with Crippen molar-refractivity contribution in [3.8, 4) is 0 Å². The monoisotopic (exact) mass is 308 g/mol. The first-order chi connectivity index (χ1) is 9.92. The molecule has 1 N–H and O–H groups in total. The maximum atomic E-state index is 12.9. The number of urea groups is 1. The summed E-state index contributed by atoms with van der Waals surface area (Å²) >= 11 is 1.58. The second-order valence-electron chi connectivity index (χ2n) is 6.33. The lowest BCUT2D eigenvalue weighted by Gasteiger charge is -2.40. The van der Waals surface area contributed by atoms with Gasteiger partial charge in [-0.15, -0.1) is 11.3 Å². The van der Waals surface area contributed by atoms with Gasteiger partial charge in [0.2, 0.25) is 0 Å². The number of hydrogen-bond acceptors (Lipinski definition) is 3. The van der Waals surface area contributed by atoms with Crippen LogP contribution in [0.4, 0.5) is 4.79 Å². The fourth-order valence-corrected chi connectivity index (χ4v) is 4.31. The fraction of sp³-hybridized carbons (Fsp3) is 0.600. The van der Waals surface area contributed by atoms with E-state index in [1.165, 1.54) is 4.90 Å². The molecule has 2 amide bonds. The number of hydrogen-bond donors (Lipinski definition) is 1. The number of rotatable bonds is 1. The van der Waals surface area contributed by atoms with Gasteiger partial charge < -0.3 is 14.9 Å². The third-order valence-electron chi connectivity index (χ3n) is 4.58. The maximum Gasteiger partial charge on any atom is 0.331 e. The van der Waals surface area contributed by atoms with Gasteiger partial charge in [-0.1, -0.05) is 0 Å². The summed E-state index contributed by atoms with van der Waals surface area (Å²) in [4.78, 5) is 29.0.